The first kappa shape index (κ1) is 17.6. The topological polar surface area (TPSA) is 26.3 Å². The van der Waals surface area contributed by atoms with Crippen LogP contribution in [0.5, 0.6) is 0 Å². The van der Waals surface area contributed by atoms with Crippen LogP contribution in [0.1, 0.15) is 30.9 Å². The molecule has 0 spiro atoms. The smallest absolute Gasteiger partial charge is 0.318 e. The predicted molar refractivity (Wildman–Crippen MR) is 99.0 cm³/mol. The monoisotopic (exact) mass is 329 g/mol. The van der Waals surface area contributed by atoms with Gasteiger partial charge in [0.2, 0.25) is 0 Å². The summed E-state index contributed by atoms with van der Waals surface area (Å²) in [4.78, 5) is 12.7. The van der Waals surface area contributed by atoms with Crippen molar-refractivity contribution in [2.45, 2.75) is 19.8 Å². The van der Waals surface area contributed by atoms with Crippen molar-refractivity contribution in [3.8, 4) is 0 Å². The molecule has 2 rings (SSSR count). The molecule has 3 heteroatoms. The average Bonchev–Trinajstić information content (AvgIpc) is 2.61. The summed E-state index contributed by atoms with van der Waals surface area (Å²) in [7, 11) is 0.366. The third-order valence-electron chi connectivity index (χ3n) is 3.93. The van der Waals surface area contributed by atoms with Crippen molar-refractivity contribution in [1.29, 1.82) is 0 Å². The normalized spacial score (nSPS) is 11.0. The highest BCUT2D eigenvalue weighted by atomic mass is 32.2. The van der Waals surface area contributed by atoms with Crippen molar-refractivity contribution in [1.82, 2.24) is 0 Å². The van der Waals surface area contributed by atoms with E-state index in [1.165, 1.54) is 0 Å². The Labute approximate surface area is 142 Å². The molecule has 0 radical (unpaired) electrons. The zero-order valence-corrected chi connectivity index (χ0v) is 14.7. The van der Waals surface area contributed by atoms with E-state index in [1.54, 1.807) is 0 Å². The van der Waals surface area contributed by atoms with Gasteiger partial charge in [0.05, 0.1) is 0 Å². The molecule has 0 fully saturated rings. The number of ether oxygens (including phenoxy) is 1. The molecule has 0 bridgehead atoms. The van der Waals surface area contributed by atoms with Crippen molar-refractivity contribution in [2.24, 2.45) is 0 Å². The highest BCUT2D eigenvalue weighted by Crippen LogP contribution is 2.25. The minimum Gasteiger partial charge on any atom is -0.460 e. The molecule has 0 aromatic heterocycles. The van der Waals surface area contributed by atoms with Gasteiger partial charge in [-0.15, -0.1) is 0 Å². The van der Waals surface area contributed by atoms with E-state index >= 15 is 0 Å². The molecule has 0 atom stereocenters. The first-order chi connectivity index (χ1) is 11.3. The maximum Gasteiger partial charge on any atom is 0.318 e. The number of carbonyl (C=O) groups excluding carboxylic acids is 1. The summed E-state index contributed by atoms with van der Waals surface area (Å²) in [5.74, 6) is 2.79. The predicted octanol–water partition coefficient (Wildman–Crippen LogP) is 4.02. The summed E-state index contributed by atoms with van der Waals surface area (Å²) in [5, 5.41) is 0. The summed E-state index contributed by atoms with van der Waals surface area (Å²) in [5.41, 5.74) is 1.96. The van der Waals surface area contributed by atoms with Crippen molar-refractivity contribution in [3.05, 3.63) is 71.8 Å². The quantitative estimate of drug-likeness (QED) is 0.540. The van der Waals surface area contributed by atoms with Gasteiger partial charge >= 0.3 is 5.97 Å². The van der Waals surface area contributed by atoms with Crippen LogP contribution >= 0.6 is 0 Å². The fourth-order valence-corrected chi connectivity index (χ4v) is 3.90. The van der Waals surface area contributed by atoms with Crippen LogP contribution in [0.4, 0.5) is 0 Å². The molecule has 2 aromatic rings. The minimum absolute atomic E-state index is 0.154. The van der Waals surface area contributed by atoms with Crippen LogP contribution in [0, 0.1) is 0 Å². The summed E-state index contributed by atoms with van der Waals surface area (Å²) in [6.07, 6.45) is 0. The third-order valence-corrected chi connectivity index (χ3v) is 6.31. The second-order valence-corrected chi connectivity index (χ2v) is 8.10. The lowest BCUT2D eigenvalue weighted by molar-refractivity contribution is -0.143. The summed E-state index contributed by atoms with van der Waals surface area (Å²) in [6.45, 7) is 4.91. The lowest BCUT2D eigenvalue weighted by Crippen LogP contribution is -2.22. The molecule has 0 saturated carbocycles. The summed E-state index contributed by atoms with van der Waals surface area (Å²) >= 11 is 0. The Morgan fingerprint density at radius 1 is 0.913 bits per heavy atom. The van der Waals surface area contributed by atoms with Gasteiger partial charge in [-0.3, -0.25) is 4.79 Å². The Balaban J connectivity index is 2.10. The molecule has 0 heterocycles. The Morgan fingerprint density at radius 2 is 1.39 bits per heavy atom. The number of hydrogen-bond acceptors (Lipinski definition) is 2. The second-order valence-electron chi connectivity index (χ2n) is 5.32. The Bertz CT molecular complexity index is 540. The van der Waals surface area contributed by atoms with Crippen molar-refractivity contribution < 1.29 is 9.53 Å². The zero-order chi connectivity index (χ0) is 16.5. The van der Waals surface area contributed by atoms with Gasteiger partial charge in [-0.25, -0.2) is 0 Å². The van der Waals surface area contributed by atoms with E-state index in [-0.39, 0.29) is 11.9 Å². The Morgan fingerprint density at radius 3 is 1.83 bits per heavy atom. The van der Waals surface area contributed by atoms with Crippen molar-refractivity contribution >= 4 is 16.9 Å². The molecular weight excluding hydrogens is 304 g/mol. The maximum atomic E-state index is 12.7. The van der Waals surface area contributed by atoms with Crippen LogP contribution in [0.15, 0.2) is 60.7 Å². The molecular formula is C20H25O2S+. The van der Waals surface area contributed by atoms with Crippen LogP contribution in [-0.2, 0) is 20.4 Å². The van der Waals surface area contributed by atoms with Gasteiger partial charge in [0.25, 0.3) is 0 Å². The lowest BCUT2D eigenvalue weighted by atomic mass is 9.91. The SMILES string of the molecule is CC[S+](CC)CCOC(=O)C(c1ccccc1)c1ccccc1. The highest BCUT2D eigenvalue weighted by molar-refractivity contribution is 7.96. The number of esters is 1. The number of rotatable bonds is 8. The van der Waals surface area contributed by atoms with Gasteiger partial charge in [0.15, 0.2) is 0 Å². The van der Waals surface area contributed by atoms with Gasteiger partial charge in [0.1, 0.15) is 29.8 Å². The van der Waals surface area contributed by atoms with Gasteiger partial charge in [-0.2, -0.15) is 0 Å². The van der Waals surface area contributed by atoms with E-state index in [4.69, 9.17) is 4.74 Å². The first-order valence-electron chi connectivity index (χ1n) is 8.16. The van der Waals surface area contributed by atoms with E-state index in [0.29, 0.717) is 17.5 Å². The Hall–Kier alpha value is -1.74. The summed E-state index contributed by atoms with van der Waals surface area (Å²) in [6, 6.07) is 19.7. The minimum atomic E-state index is -0.345. The van der Waals surface area contributed by atoms with Crippen LogP contribution in [0.2, 0.25) is 0 Å². The molecule has 0 aliphatic heterocycles. The van der Waals surface area contributed by atoms with Crippen LogP contribution in [-0.4, -0.2) is 29.8 Å². The molecule has 0 unspecified atom stereocenters. The molecule has 2 aromatic carbocycles. The van der Waals surface area contributed by atoms with Crippen LogP contribution in [0.25, 0.3) is 0 Å². The largest absolute Gasteiger partial charge is 0.460 e. The average molecular weight is 329 g/mol. The van der Waals surface area contributed by atoms with E-state index in [1.807, 2.05) is 60.7 Å². The van der Waals surface area contributed by atoms with Crippen LogP contribution in [0.3, 0.4) is 0 Å². The van der Waals surface area contributed by atoms with Gasteiger partial charge in [-0.1, -0.05) is 60.7 Å². The van der Waals surface area contributed by atoms with E-state index in [0.717, 1.165) is 28.4 Å². The number of carbonyl (C=O) groups is 1. The first-order valence-corrected chi connectivity index (χ1v) is 9.90. The molecule has 0 aliphatic carbocycles. The van der Waals surface area contributed by atoms with Gasteiger partial charge in [-0.05, 0) is 35.9 Å². The molecule has 0 aliphatic rings. The fourth-order valence-electron chi connectivity index (χ4n) is 2.59. The fraction of sp³-hybridized carbons (Fsp3) is 0.350. The molecule has 122 valence electrons. The molecule has 0 amide bonds. The Kier molecular flexibility index (Phi) is 7.21. The van der Waals surface area contributed by atoms with E-state index in [2.05, 4.69) is 13.8 Å². The van der Waals surface area contributed by atoms with Crippen LogP contribution < -0.4 is 0 Å². The molecule has 0 saturated heterocycles. The van der Waals surface area contributed by atoms with E-state index < -0.39 is 0 Å². The summed E-state index contributed by atoms with van der Waals surface area (Å²) < 4.78 is 5.62. The van der Waals surface area contributed by atoms with Crippen molar-refractivity contribution in [2.75, 3.05) is 23.9 Å². The standard InChI is InChI=1S/C20H25O2S/c1-3-23(4-2)16-15-22-20(21)19(17-11-7-5-8-12-17)18-13-9-6-10-14-18/h5-14,19H,3-4,15-16H2,1-2H3/q+1. The van der Waals surface area contributed by atoms with Gasteiger partial charge < -0.3 is 4.74 Å². The number of benzene rings is 2. The zero-order valence-electron chi connectivity index (χ0n) is 13.9. The molecule has 0 N–H and O–H groups in total. The molecule has 23 heavy (non-hydrogen) atoms. The highest BCUT2D eigenvalue weighted by Gasteiger charge is 2.24. The maximum absolute atomic E-state index is 12.7. The second kappa shape index (κ2) is 9.41. The lowest BCUT2D eigenvalue weighted by Gasteiger charge is -2.17. The van der Waals surface area contributed by atoms with Crippen molar-refractivity contribution in [3.63, 3.8) is 0 Å². The number of hydrogen-bond donors (Lipinski definition) is 0. The molecule has 2 nitrogen and oxygen atoms in total. The van der Waals surface area contributed by atoms with E-state index in [9.17, 15) is 4.79 Å². The van der Waals surface area contributed by atoms with Gasteiger partial charge in [0, 0.05) is 0 Å². The third kappa shape index (κ3) is 5.14.